The molecular weight excluding hydrogens is 264 g/mol. The van der Waals surface area contributed by atoms with Crippen molar-refractivity contribution in [1.82, 2.24) is 0 Å². The number of hydrogen-bond donors (Lipinski definition) is 1. The van der Waals surface area contributed by atoms with Gasteiger partial charge in [-0.1, -0.05) is 6.08 Å². The molecule has 1 aromatic rings. The lowest BCUT2D eigenvalue weighted by Gasteiger charge is -2.06. The fraction of sp³-hybridized carbons (Fsp3) is 0.273. The fourth-order valence-corrected chi connectivity index (χ4v) is 1.62. The summed E-state index contributed by atoms with van der Waals surface area (Å²) in [7, 11) is 0. The summed E-state index contributed by atoms with van der Waals surface area (Å²) in [5.41, 5.74) is 5.90. The van der Waals surface area contributed by atoms with E-state index in [1.54, 1.807) is 13.0 Å². The Hall–Kier alpha value is -0.740. The van der Waals surface area contributed by atoms with Crippen molar-refractivity contribution in [2.45, 2.75) is 13.3 Å². The minimum absolute atomic E-state index is 0.0119. The minimum Gasteiger partial charge on any atom is -0.330 e. The van der Waals surface area contributed by atoms with E-state index in [9.17, 15) is 8.78 Å². The van der Waals surface area contributed by atoms with E-state index >= 15 is 0 Å². The normalized spacial score (nSPS) is 11.9. The standard InChI is InChI=1S/C11H12BrF2N/c1-7(3-2-6-15)10-9(13)5-4-8(12)11(10)14/h3-5H,2,6,15H2,1H3/b7-3-. The van der Waals surface area contributed by atoms with E-state index in [4.69, 9.17) is 5.73 Å². The van der Waals surface area contributed by atoms with Gasteiger partial charge < -0.3 is 5.73 Å². The average Bonchev–Trinajstić information content (AvgIpc) is 2.21. The second-order valence-electron chi connectivity index (χ2n) is 3.18. The lowest BCUT2D eigenvalue weighted by atomic mass is 10.1. The monoisotopic (exact) mass is 275 g/mol. The van der Waals surface area contributed by atoms with Crippen LogP contribution in [-0.4, -0.2) is 6.54 Å². The molecule has 15 heavy (non-hydrogen) atoms. The highest BCUT2D eigenvalue weighted by Crippen LogP contribution is 2.27. The summed E-state index contributed by atoms with van der Waals surface area (Å²) in [6, 6.07) is 2.59. The van der Waals surface area contributed by atoms with Crippen molar-refractivity contribution in [3.05, 3.63) is 39.9 Å². The van der Waals surface area contributed by atoms with Crippen molar-refractivity contribution < 1.29 is 8.78 Å². The van der Waals surface area contributed by atoms with Crippen LogP contribution >= 0.6 is 15.9 Å². The maximum atomic E-state index is 13.6. The van der Waals surface area contributed by atoms with Gasteiger partial charge >= 0.3 is 0 Å². The van der Waals surface area contributed by atoms with Crippen LogP contribution in [0.25, 0.3) is 5.57 Å². The second-order valence-corrected chi connectivity index (χ2v) is 4.04. The summed E-state index contributed by atoms with van der Waals surface area (Å²) < 4.78 is 27.2. The smallest absolute Gasteiger partial charge is 0.147 e. The summed E-state index contributed by atoms with van der Waals surface area (Å²) in [6.07, 6.45) is 2.34. The Kier molecular flexibility index (Phi) is 4.42. The highest BCUT2D eigenvalue weighted by atomic mass is 79.9. The first kappa shape index (κ1) is 12.3. The van der Waals surface area contributed by atoms with Crippen molar-refractivity contribution in [1.29, 1.82) is 0 Å². The van der Waals surface area contributed by atoms with Gasteiger partial charge in [-0.15, -0.1) is 0 Å². The Morgan fingerprint density at radius 1 is 1.47 bits per heavy atom. The predicted molar refractivity (Wildman–Crippen MR) is 61.4 cm³/mol. The van der Waals surface area contributed by atoms with Crippen LogP contribution in [0.15, 0.2) is 22.7 Å². The molecule has 0 spiro atoms. The first-order valence-corrected chi connectivity index (χ1v) is 5.38. The van der Waals surface area contributed by atoms with Gasteiger partial charge in [0.15, 0.2) is 0 Å². The molecule has 0 atom stereocenters. The van der Waals surface area contributed by atoms with E-state index in [0.717, 1.165) is 0 Å². The van der Waals surface area contributed by atoms with Gasteiger partial charge in [-0.05, 0) is 53.5 Å². The zero-order chi connectivity index (χ0) is 11.4. The van der Waals surface area contributed by atoms with Crippen molar-refractivity contribution in [3.8, 4) is 0 Å². The second kappa shape index (κ2) is 5.37. The third-order valence-electron chi connectivity index (χ3n) is 2.06. The number of benzene rings is 1. The molecule has 0 amide bonds. The summed E-state index contributed by atoms with van der Waals surface area (Å²) >= 11 is 3.02. The highest BCUT2D eigenvalue weighted by molar-refractivity contribution is 9.10. The van der Waals surface area contributed by atoms with Gasteiger partial charge in [0.25, 0.3) is 0 Å². The number of nitrogens with two attached hydrogens (primary N) is 1. The molecule has 0 bridgehead atoms. The van der Waals surface area contributed by atoms with Crippen molar-refractivity contribution in [2.75, 3.05) is 6.54 Å². The quantitative estimate of drug-likeness (QED) is 0.840. The van der Waals surface area contributed by atoms with Crippen LogP contribution in [0.1, 0.15) is 18.9 Å². The first-order valence-electron chi connectivity index (χ1n) is 4.58. The Balaban J connectivity index is 3.18. The topological polar surface area (TPSA) is 26.0 Å². The molecule has 4 heteroatoms. The van der Waals surface area contributed by atoms with Crippen LogP contribution in [0.5, 0.6) is 0 Å². The van der Waals surface area contributed by atoms with E-state index in [0.29, 0.717) is 18.5 Å². The predicted octanol–water partition coefficient (Wildman–Crippen LogP) is 3.48. The largest absolute Gasteiger partial charge is 0.330 e. The summed E-state index contributed by atoms with van der Waals surface area (Å²) in [4.78, 5) is 0. The van der Waals surface area contributed by atoms with Gasteiger partial charge in [0, 0.05) is 5.56 Å². The van der Waals surface area contributed by atoms with Crippen LogP contribution in [0.4, 0.5) is 8.78 Å². The molecule has 1 nitrogen and oxygen atoms in total. The molecule has 0 saturated heterocycles. The van der Waals surface area contributed by atoms with E-state index in [1.807, 2.05) is 0 Å². The molecule has 82 valence electrons. The van der Waals surface area contributed by atoms with Crippen molar-refractivity contribution in [2.24, 2.45) is 5.73 Å². The molecule has 0 aliphatic heterocycles. The van der Waals surface area contributed by atoms with E-state index < -0.39 is 11.6 Å². The molecule has 0 aromatic heterocycles. The minimum atomic E-state index is -0.569. The molecule has 0 saturated carbocycles. The summed E-state index contributed by atoms with van der Waals surface area (Å²) in [5.74, 6) is -1.12. The van der Waals surface area contributed by atoms with Crippen LogP contribution in [0, 0.1) is 11.6 Å². The van der Waals surface area contributed by atoms with Gasteiger partial charge in [-0.25, -0.2) is 8.78 Å². The average molecular weight is 276 g/mol. The molecule has 0 aliphatic carbocycles. The Labute approximate surface area is 96.1 Å². The van der Waals surface area contributed by atoms with Gasteiger partial charge in [0.1, 0.15) is 11.6 Å². The molecule has 0 unspecified atom stereocenters. The van der Waals surface area contributed by atoms with Crippen LogP contribution in [0.2, 0.25) is 0 Å². The fourth-order valence-electron chi connectivity index (χ4n) is 1.29. The Morgan fingerprint density at radius 3 is 2.73 bits per heavy atom. The third kappa shape index (κ3) is 2.86. The van der Waals surface area contributed by atoms with Crippen molar-refractivity contribution in [3.63, 3.8) is 0 Å². The summed E-state index contributed by atoms with van der Waals surface area (Å²) in [5, 5.41) is 0. The first-order chi connectivity index (χ1) is 7.07. The van der Waals surface area contributed by atoms with Crippen LogP contribution < -0.4 is 5.73 Å². The summed E-state index contributed by atoms with van der Waals surface area (Å²) in [6.45, 7) is 2.14. The zero-order valence-electron chi connectivity index (χ0n) is 8.36. The lowest BCUT2D eigenvalue weighted by Crippen LogP contribution is -1.98. The van der Waals surface area contributed by atoms with Crippen molar-refractivity contribution >= 4 is 21.5 Å². The molecular formula is C11H12BrF2N. The van der Waals surface area contributed by atoms with Crippen LogP contribution in [0.3, 0.4) is 0 Å². The molecule has 0 fully saturated rings. The zero-order valence-corrected chi connectivity index (χ0v) is 9.94. The maximum absolute atomic E-state index is 13.6. The number of allylic oxidation sites excluding steroid dienone is 1. The van der Waals surface area contributed by atoms with Crippen LogP contribution in [-0.2, 0) is 0 Å². The number of halogens is 3. The lowest BCUT2D eigenvalue weighted by molar-refractivity contribution is 0.572. The van der Waals surface area contributed by atoms with Gasteiger partial charge in [0.05, 0.1) is 4.47 Å². The SMILES string of the molecule is C/C(=C/CCN)c1c(F)ccc(Br)c1F. The number of hydrogen-bond acceptors (Lipinski definition) is 1. The van der Waals surface area contributed by atoms with Gasteiger partial charge in [-0.2, -0.15) is 0 Å². The molecule has 2 N–H and O–H groups in total. The molecule has 1 rings (SSSR count). The maximum Gasteiger partial charge on any atom is 0.147 e. The van der Waals surface area contributed by atoms with E-state index in [-0.39, 0.29) is 10.0 Å². The Morgan fingerprint density at radius 2 is 2.13 bits per heavy atom. The number of rotatable bonds is 3. The molecule has 1 aromatic carbocycles. The highest BCUT2D eigenvalue weighted by Gasteiger charge is 2.13. The van der Waals surface area contributed by atoms with Gasteiger partial charge in [-0.3, -0.25) is 0 Å². The van der Waals surface area contributed by atoms with E-state index in [2.05, 4.69) is 15.9 Å². The molecule has 0 aliphatic rings. The molecule has 0 heterocycles. The Bertz CT molecular complexity index is 388. The van der Waals surface area contributed by atoms with Gasteiger partial charge in [0.2, 0.25) is 0 Å². The third-order valence-corrected chi connectivity index (χ3v) is 2.67. The van der Waals surface area contributed by atoms with E-state index in [1.165, 1.54) is 12.1 Å². The molecule has 0 radical (unpaired) electrons.